The van der Waals surface area contributed by atoms with Gasteiger partial charge in [0.15, 0.2) is 0 Å². The van der Waals surface area contributed by atoms with Gasteiger partial charge in [-0.05, 0) is 48.1 Å². The maximum Gasteiger partial charge on any atom is 0.270 e. The Hall–Kier alpha value is -3.19. The van der Waals surface area contributed by atoms with Crippen LogP contribution in [0.2, 0.25) is 0 Å². The second-order valence-corrected chi connectivity index (χ2v) is 8.86. The minimum atomic E-state index is -3.92. The molecule has 0 atom stereocenters. The summed E-state index contributed by atoms with van der Waals surface area (Å²) in [4.78, 5) is 10.5. The fourth-order valence-electron chi connectivity index (χ4n) is 3.64. The smallest absolute Gasteiger partial charge is 0.266 e. The molecule has 3 aromatic rings. The van der Waals surface area contributed by atoms with E-state index in [0.717, 1.165) is 42.0 Å². The number of sulfonamides is 1. The van der Waals surface area contributed by atoms with Crippen LogP contribution in [-0.2, 0) is 16.4 Å². The van der Waals surface area contributed by atoms with Crippen molar-refractivity contribution >= 4 is 21.4 Å². The average molecular weight is 408 g/mol. The topological polar surface area (TPSA) is 80.5 Å². The molecule has 0 bridgehead atoms. The third-order valence-electron chi connectivity index (χ3n) is 5.13. The van der Waals surface area contributed by atoms with Crippen molar-refractivity contribution < 1.29 is 13.3 Å². The van der Waals surface area contributed by atoms with Crippen LogP contribution in [-0.4, -0.2) is 19.9 Å². The van der Waals surface area contributed by atoms with E-state index in [4.69, 9.17) is 0 Å². The Morgan fingerprint density at radius 3 is 2.41 bits per heavy atom. The zero-order valence-electron chi connectivity index (χ0n) is 15.7. The Morgan fingerprint density at radius 1 is 0.862 bits per heavy atom. The SMILES string of the molecule is O=[N+]([O-])c1cccc(S(=O)(=O)N2CCCCc3ccc(-c4ccccc4)cc32)c1. The maximum absolute atomic E-state index is 13.4. The lowest BCUT2D eigenvalue weighted by Crippen LogP contribution is -2.32. The lowest BCUT2D eigenvalue weighted by molar-refractivity contribution is -0.385. The predicted molar refractivity (Wildman–Crippen MR) is 112 cm³/mol. The Bertz CT molecular complexity index is 1160. The van der Waals surface area contributed by atoms with E-state index >= 15 is 0 Å². The van der Waals surface area contributed by atoms with Gasteiger partial charge in [-0.2, -0.15) is 0 Å². The van der Waals surface area contributed by atoms with Crippen molar-refractivity contribution in [2.75, 3.05) is 10.8 Å². The summed E-state index contributed by atoms with van der Waals surface area (Å²) in [5.41, 5.74) is 3.32. The first kappa shape index (κ1) is 19.1. The van der Waals surface area contributed by atoms with Gasteiger partial charge in [-0.3, -0.25) is 14.4 Å². The molecule has 0 amide bonds. The molecule has 1 aliphatic heterocycles. The van der Waals surface area contributed by atoms with Crippen molar-refractivity contribution in [1.29, 1.82) is 0 Å². The predicted octanol–water partition coefficient (Wildman–Crippen LogP) is 4.79. The molecule has 3 aromatic carbocycles. The summed E-state index contributed by atoms with van der Waals surface area (Å²) in [5.74, 6) is 0. The van der Waals surface area contributed by atoms with Crippen LogP contribution in [0.25, 0.3) is 11.1 Å². The Labute approximate surface area is 169 Å². The lowest BCUT2D eigenvalue weighted by Gasteiger charge is -2.25. The first-order valence-electron chi connectivity index (χ1n) is 9.42. The molecule has 0 aromatic heterocycles. The number of hydrogen-bond donors (Lipinski definition) is 0. The van der Waals surface area contributed by atoms with Crippen LogP contribution in [0.5, 0.6) is 0 Å². The van der Waals surface area contributed by atoms with Crippen molar-refractivity contribution in [3.8, 4) is 11.1 Å². The van der Waals surface area contributed by atoms with Gasteiger partial charge in [0.2, 0.25) is 0 Å². The van der Waals surface area contributed by atoms with Crippen molar-refractivity contribution in [2.24, 2.45) is 0 Å². The highest BCUT2D eigenvalue weighted by atomic mass is 32.2. The summed E-state index contributed by atoms with van der Waals surface area (Å²) in [7, 11) is -3.92. The van der Waals surface area contributed by atoms with Crippen molar-refractivity contribution in [3.05, 3.63) is 88.5 Å². The number of hydrogen-bond acceptors (Lipinski definition) is 4. The van der Waals surface area contributed by atoms with E-state index in [0.29, 0.717) is 12.2 Å². The van der Waals surface area contributed by atoms with Gasteiger partial charge in [0.25, 0.3) is 15.7 Å². The first-order chi connectivity index (χ1) is 14.0. The van der Waals surface area contributed by atoms with Gasteiger partial charge in [0, 0.05) is 18.7 Å². The average Bonchev–Trinajstić information content (AvgIpc) is 2.97. The van der Waals surface area contributed by atoms with Gasteiger partial charge in [-0.25, -0.2) is 8.42 Å². The molecule has 1 aliphatic rings. The molecule has 0 aliphatic carbocycles. The summed E-state index contributed by atoms with van der Waals surface area (Å²) in [6, 6.07) is 20.9. The van der Waals surface area contributed by atoms with Crippen LogP contribution in [0, 0.1) is 10.1 Å². The fraction of sp³-hybridized carbons (Fsp3) is 0.182. The molecule has 0 fully saturated rings. The molecule has 0 spiro atoms. The first-order valence-corrected chi connectivity index (χ1v) is 10.9. The molecule has 1 heterocycles. The monoisotopic (exact) mass is 408 g/mol. The summed E-state index contributed by atoms with van der Waals surface area (Å²) in [6.45, 7) is 0.344. The minimum Gasteiger partial charge on any atom is -0.266 e. The number of nitro groups is 1. The van der Waals surface area contributed by atoms with Gasteiger partial charge < -0.3 is 0 Å². The second kappa shape index (κ2) is 7.67. The van der Waals surface area contributed by atoms with Crippen LogP contribution in [0.15, 0.2) is 77.7 Å². The minimum absolute atomic E-state index is 0.0651. The molecular weight excluding hydrogens is 388 g/mol. The van der Waals surface area contributed by atoms with Crippen molar-refractivity contribution in [1.82, 2.24) is 0 Å². The third kappa shape index (κ3) is 3.73. The lowest BCUT2D eigenvalue weighted by atomic mass is 10.0. The zero-order valence-corrected chi connectivity index (χ0v) is 16.5. The van der Waals surface area contributed by atoms with Gasteiger partial charge in [-0.1, -0.05) is 48.5 Å². The van der Waals surface area contributed by atoms with E-state index in [9.17, 15) is 18.5 Å². The highest BCUT2D eigenvalue weighted by molar-refractivity contribution is 7.92. The maximum atomic E-state index is 13.4. The van der Waals surface area contributed by atoms with E-state index in [-0.39, 0.29) is 10.6 Å². The molecule has 0 saturated carbocycles. The number of rotatable bonds is 4. The van der Waals surface area contributed by atoms with Gasteiger partial charge in [0.05, 0.1) is 15.5 Å². The largest absolute Gasteiger partial charge is 0.270 e. The number of benzene rings is 3. The van der Waals surface area contributed by atoms with Crippen LogP contribution >= 0.6 is 0 Å². The molecule has 0 saturated heterocycles. The van der Waals surface area contributed by atoms with Crippen molar-refractivity contribution in [2.45, 2.75) is 24.2 Å². The van der Waals surface area contributed by atoms with E-state index in [1.807, 2.05) is 48.5 Å². The molecule has 148 valence electrons. The summed E-state index contributed by atoms with van der Waals surface area (Å²) >= 11 is 0. The summed E-state index contributed by atoms with van der Waals surface area (Å²) in [5, 5.41) is 11.1. The molecule has 6 nitrogen and oxygen atoms in total. The van der Waals surface area contributed by atoms with E-state index in [1.54, 1.807) is 0 Å². The highest BCUT2D eigenvalue weighted by Gasteiger charge is 2.29. The third-order valence-corrected chi connectivity index (χ3v) is 6.94. The number of anilines is 1. The number of nitro benzene ring substituents is 1. The Morgan fingerprint density at radius 2 is 1.66 bits per heavy atom. The molecule has 29 heavy (non-hydrogen) atoms. The molecule has 0 N–H and O–H groups in total. The molecule has 0 unspecified atom stereocenters. The number of fused-ring (bicyclic) bond motifs is 1. The summed E-state index contributed by atoms with van der Waals surface area (Å²) in [6.07, 6.45) is 2.41. The Balaban J connectivity index is 1.83. The van der Waals surface area contributed by atoms with E-state index in [1.165, 1.54) is 22.5 Å². The highest BCUT2D eigenvalue weighted by Crippen LogP contribution is 2.35. The second-order valence-electron chi connectivity index (χ2n) is 7.00. The normalized spacial score (nSPS) is 14.1. The fourth-order valence-corrected chi connectivity index (χ4v) is 5.22. The quantitative estimate of drug-likeness (QED) is 0.459. The van der Waals surface area contributed by atoms with Gasteiger partial charge >= 0.3 is 0 Å². The Kier molecular flexibility index (Phi) is 5.07. The molecule has 4 rings (SSSR count). The van der Waals surface area contributed by atoms with Crippen LogP contribution in [0.1, 0.15) is 18.4 Å². The van der Waals surface area contributed by atoms with Gasteiger partial charge in [0.1, 0.15) is 0 Å². The number of aryl methyl sites for hydroxylation is 1. The number of non-ortho nitro benzene ring substituents is 1. The molecular formula is C22H20N2O4S. The molecule has 7 heteroatoms. The van der Waals surface area contributed by atoms with Crippen LogP contribution in [0.3, 0.4) is 0 Å². The van der Waals surface area contributed by atoms with E-state index < -0.39 is 14.9 Å². The zero-order chi connectivity index (χ0) is 20.4. The number of nitrogens with zero attached hydrogens (tertiary/aromatic N) is 2. The standard InChI is InChI=1S/C22H20N2O4S/c25-24(26)20-10-6-11-21(16-20)29(27,28)23-14-5-4-9-18-12-13-19(15-22(18)23)17-7-2-1-3-8-17/h1-3,6-8,10-13,15-16H,4-5,9,14H2. The van der Waals surface area contributed by atoms with Gasteiger partial charge in [-0.15, -0.1) is 0 Å². The van der Waals surface area contributed by atoms with Crippen LogP contribution in [0.4, 0.5) is 11.4 Å². The van der Waals surface area contributed by atoms with Crippen LogP contribution < -0.4 is 4.31 Å². The van der Waals surface area contributed by atoms with E-state index in [2.05, 4.69) is 0 Å². The van der Waals surface area contributed by atoms with Crippen molar-refractivity contribution in [3.63, 3.8) is 0 Å². The summed E-state index contributed by atoms with van der Waals surface area (Å²) < 4.78 is 28.3. The molecule has 0 radical (unpaired) electrons.